The van der Waals surface area contributed by atoms with Gasteiger partial charge in [-0.1, -0.05) is 23.7 Å². The molecule has 0 bridgehead atoms. The number of aryl methyl sites for hydroxylation is 1. The van der Waals surface area contributed by atoms with Gasteiger partial charge in [-0.3, -0.25) is 19.3 Å². The second-order valence-electron chi connectivity index (χ2n) is 9.17. The maximum Gasteiger partial charge on any atom is 0.250 e. The monoisotopic (exact) mass is 453 g/mol. The van der Waals surface area contributed by atoms with Crippen LogP contribution >= 0.6 is 11.6 Å². The van der Waals surface area contributed by atoms with Crippen LogP contribution in [0.1, 0.15) is 29.5 Å². The molecule has 6 rings (SSSR count). The highest BCUT2D eigenvalue weighted by Crippen LogP contribution is 2.61. The van der Waals surface area contributed by atoms with Gasteiger partial charge in [-0.2, -0.15) is 0 Å². The lowest BCUT2D eigenvalue weighted by Crippen LogP contribution is -2.54. The highest BCUT2D eigenvalue weighted by molar-refractivity contribution is 6.32. The van der Waals surface area contributed by atoms with Gasteiger partial charge in [0.1, 0.15) is 11.4 Å². The molecule has 4 unspecified atom stereocenters. The summed E-state index contributed by atoms with van der Waals surface area (Å²) in [5, 5.41) is 2.88. The predicted octanol–water partition coefficient (Wildman–Crippen LogP) is 3.53. The summed E-state index contributed by atoms with van der Waals surface area (Å²) in [5.41, 5.74) is 2.54. The minimum absolute atomic E-state index is 0.160. The number of fused-ring (bicyclic) bond motifs is 7. The minimum Gasteiger partial charge on any atom is -0.324 e. The molecule has 4 atom stereocenters. The Morgan fingerprint density at radius 2 is 1.91 bits per heavy atom. The van der Waals surface area contributed by atoms with Crippen molar-refractivity contribution in [1.82, 2.24) is 4.90 Å². The summed E-state index contributed by atoms with van der Waals surface area (Å²) >= 11 is 5.94. The van der Waals surface area contributed by atoms with E-state index in [1.807, 2.05) is 26.0 Å². The number of hydrogen-bond donors (Lipinski definition) is 1. The Morgan fingerprint density at radius 1 is 1.12 bits per heavy atom. The molecule has 0 radical (unpaired) electrons. The first-order valence-electron chi connectivity index (χ1n) is 10.8. The summed E-state index contributed by atoms with van der Waals surface area (Å²) < 4.78 is 13.7. The largest absolute Gasteiger partial charge is 0.324 e. The van der Waals surface area contributed by atoms with Crippen LogP contribution < -0.4 is 10.2 Å². The Morgan fingerprint density at radius 3 is 2.66 bits per heavy atom. The first-order chi connectivity index (χ1) is 15.3. The lowest BCUT2D eigenvalue weighted by molar-refractivity contribution is -0.135. The molecule has 0 saturated carbocycles. The molecular weight excluding hydrogens is 433 g/mol. The second kappa shape index (κ2) is 6.39. The van der Waals surface area contributed by atoms with Crippen LogP contribution in [-0.2, 0) is 19.9 Å². The maximum atomic E-state index is 13.9. The third-order valence-electron chi connectivity index (χ3n) is 7.86. The number of nitrogens with one attached hydrogen (secondary N) is 1. The van der Waals surface area contributed by atoms with E-state index in [1.54, 1.807) is 0 Å². The van der Waals surface area contributed by atoms with Crippen LogP contribution in [0.2, 0.25) is 5.02 Å². The topological polar surface area (TPSA) is 69.7 Å². The Hall–Kier alpha value is -2.77. The highest BCUT2D eigenvalue weighted by Gasteiger charge is 2.74. The number of hydrogen-bond acceptors (Lipinski definition) is 4. The zero-order chi connectivity index (χ0) is 22.5. The molecule has 2 aromatic carbocycles. The van der Waals surface area contributed by atoms with Crippen LogP contribution in [0.4, 0.5) is 15.8 Å². The van der Waals surface area contributed by atoms with Gasteiger partial charge in [0.15, 0.2) is 0 Å². The van der Waals surface area contributed by atoms with E-state index >= 15 is 0 Å². The van der Waals surface area contributed by atoms with Crippen molar-refractivity contribution in [3.05, 3.63) is 57.9 Å². The van der Waals surface area contributed by atoms with Gasteiger partial charge in [0.05, 0.1) is 22.5 Å². The van der Waals surface area contributed by atoms with Crippen LogP contribution in [0.15, 0.2) is 30.3 Å². The molecule has 2 aromatic rings. The van der Waals surface area contributed by atoms with Crippen molar-refractivity contribution in [3.63, 3.8) is 0 Å². The van der Waals surface area contributed by atoms with E-state index < -0.39 is 29.1 Å². The van der Waals surface area contributed by atoms with Crippen LogP contribution in [0.5, 0.6) is 0 Å². The van der Waals surface area contributed by atoms with E-state index in [1.165, 1.54) is 12.1 Å². The predicted molar refractivity (Wildman–Crippen MR) is 117 cm³/mol. The zero-order valence-electron chi connectivity index (χ0n) is 17.6. The van der Waals surface area contributed by atoms with E-state index in [2.05, 4.69) is 10.2 Å². The molecule has 3 saturated heterocycles. The Balaban J connectivity index is 1.56. The summed E-state index contributed by atoms with van der Waals surface area (Å²) in [7, 11) is 0. The molecule has 6 nitrogen and oxygen atoms in total. The van der Waals surface area contributed by atoms with E-state index in [4.69, 9.17) is 11.6 Å². The number of amides is 3. The molecule has 32 heavy (non-hydrogen) atoms. The smallest absolute Gasteiger partial charge is 0.250 e. The third kappa shape index (κ3) is 2.16. The first-order valence-corrected chi connectivity index (χ1v) is 11.2. The fraction of sp³-hybridized carbons (Fsp3) is 0.375. The van der Waals surface area contributed by atoms with Gasteiger partial charge in [0, 0.05) is 17.3 Å². The van der Waals surface area contributed by atoms with Crippen molar-refractivity contribution in [1.29, 1.82) is 0 Å². The van der Waals surface area contributed by atoms with Crippen molar-refractivity contribution in [2.24, 2.45) is 11.8 Å². The van der Waals surface area contributed by atoms with E-state index in [0.717, 1.165) is 46.2 Å². The summed E-state index contributed by atoms with van der Waals surface area (Å²) in [6, 6.07) is 7.51. The second-order valence-corrected chi connectivity index (χ2v) is 9.57. The molecular formula is C24H21ClFN3O3. The lowest BCUT2D eigenvalue weighted by Gasteiger charge is -2.36. The number of benzene rings is 2. The fourth-order valence-corrected chi connectivity index (χ4v) is 6.57. The fourth-order valence-electron chi connectivity index (χ4n) is 6.40. The minimum atomic E-state index is -1.22. The average molecular weight is 454 g/mol. The molecule has 1 spiro atoms. The van der Waals surface area contributed by atoms with Crippen LogP contribution in [0.3, 0.4) is 0 Å². The van der Waals surface area contributed by atoms with Crippen molar-refractivity contribution in [2.75, 3.05) is 16.8 Å². The highest BCUT2D eigenvalue weighted by atomic mass is 35.5. The molecule has 3 fully saturated rings. The summed E-state index contributed by atoms with van der Waals surface area (Å²) in [5.74, 6) is -3.12. The number of anilines is 2. The molecule has 164 valence electrons. The number of halogens is 2. The van der Waals surface area contributed by atoms with Gasteiger partial charge in [-0.05, 0) is 62.6 Å². The van der Waals surface area contributed by atoms with Crippen LogP contribution in [-0.4, -0.2) is 35.2 Å². The van der Waals surface area contributed by atoms with Crippen molar-refractivity contribution in [3.8, 4) is 0 Å². The van der Waals surface area contributed by atoms with E-state index in [-0.39, 0.29) is 28.6 Å². The molecule has 0 aromatic heterocycles. The molecule has 8 heteroatoms. The number of carbonyl (C=O) groups is 3. The van der Waals surface area contributed by atoms with Crippen LogP contribution in [0.25, 0.3) is 0 Å². The van der Waals surface area contributed by atoms with Gasteiger partial charge < -0.3 is 5.32 Å². The van der Waals surface area contributed by atoms with Crippen LogP contribution in [0, 0.1) is 31.5 Å². The molecule has 4 heterocycles. The Labute approximate surface area is 189 Å². The number of rotatable bonds is 1. The number of nitrogens with zero attached hydrogens (tertiary/aromatic N) is 2. The molecule has 1 N–H and O–H groups in total. The quantitative estimate of drug-likeness (QED) is 0.671. The van der Waals surface area contributed by atoms with Crippen molar-refractivity contribution < 1.29 is 18.8 Å². The first kappa shape index (κ1) is 19.9. The Kier molecular flexibility index (Phi) is 3.97. The summed E-state index contributed by atoms with van der Waals surface area (Å²) in [4.78, 5) is 44.4. The van der Waals surface area contributed by atoms with E-state index in [9.17, 15) is 18.8 Å². The average Bonchev–Trinajstić information content (AvgIpc) is 3.46. The van der Waals surface area contributed by atoms with Gasteiger partial charge in [-0.15, -0.1) is 0 Å². The normalized spacial score (nSPS) is 30.8. The zero-order valence-corrected chi connectivity index (χ0v) is 18.4. The molecule has 4 aliphatic rings. The third-order valence-corrected chi connectivity index (χ3v) is 8.15. The SMILES string of the molecule is Cc1ccc2c(c1C)NC(=O)C21C2C(=O)N(c3ccc(F)c(Cl)c3)C(=O)C2C2CCCN21. The van der Waals surface area contributed by atoms with Gasteiger partial charge in [-0.25, -0.2) is 9.29 Å². The van der Waals surface area contributed by atoms with Gasteiger partial charge >= 0.3 is 0 Å². The number of imide groups is 1. The van der Waals surface area contributed by atoms with Gasteiger partial charge in [0.25, 0.3) is 0 Å². The standard InChI is InChI=1S/C24H21ClFN3O3/c1-11-5-7-14-20(12(11)2)27-23(32)24(14)19-18(17-4-3-9-28(17)24)21(30)29(22(19)31)13-6-8-16(26)15(25)10-13/h5-8,10,17-19H,3-4,9H2,1-2H3,(H,27,32). The van der Waals surface area contributed by atoms with Crippen molar-refractivity contribution in [2.45, 2.75) is 38.3 Å². The molecule has 3 amide bonds. The molecule has 4 aliphatic heterocycles. The lowest BCUT2D eigenvalue weighted by atomic mass is 9.75. The summed E-state index contributed by atoms with van der Waals surface area (Å²) in [6.45, 7) is 4.59. The van der Waals surface area contributed by atoms with Crippen molar-refractivity contribution >= 4 is 40.7 Å². The Bertz CT molecular complexity index is 1250. The number of carbonyl (C=O) groups excluding carboxylic acids is 3. The van der Waals surface area contributed by atoms with Gasteiger partial charge in [0.2, 0.25) is 17.7 Å². The van der Waals surface area contributed by atoms with E-state index in [0.29, 0.717) is 6.54 Å². The molecule has 0 aliphatic carbocycles. The maximum absolute atomic E-state index is 13.9. The summed E-state index contributed by atoms with van der Waals surface area (Å²) in [6.07, 6.45) is 1.60.